The zero-order valence-electron chi connectivity index (χ0n) is 18.2. The zero-order valence-corrected chi connectivity index (χ0v) is 20.3. The second-order valence-corrected chi connectivity index (χ2v) is 7.56. The Bertz CT molecular complexity index is 638. The summed E-state index contributed by atoms with van der Waals surface area (Å²) in [7, 11) is 4.94. The molecule has 0 bridgehead atoms. The average Bonchev–Trinajstić information content (AvgIpc) is 2.61. The molecule has 0 spiro atoms. The number of halogens is 17. The molecule has 1 N–H and O–H groups in total. The Labute approximate surface area is 210 Å². The molecular weight excluding hydrogens is 669 g/mol. The molecule has 220 valence electrons. The maximum Gasteiger partial charge on any atom is 0.439 e. The number of hydrogen-bond donors (Lipinski definition) is 1. The van der Waals surface area contributed by atoms with Crippen LogP contribution >= 0.6 is 0 Å². The van der Waals surface area contributed by atoms with Crippen molar-refractivity contribution in [1.82, 2.24) is 10.2 Å². The Morgan fingerprint density at radius 2 is 1.14 bits per heavy atom. The lowest BCUT2D eigenvalue weighted by atomic mass is 10.00. The van der Waals surface area contributed by atoms with Crippen LogP contribution in [0, 0.1) is 0 Å². The van der Waals surface area contributed by atoms with Gasteiger partial charge >= 0.3 is 49.8 Å². The topological polar surface area (TPSA) is 32.3 Å². The molecule has 0 radical (unpaired) electrons. The molecule has 0 aliphatic heterocycles. The van der Waals surface area contributed by atoms with Crippen molar-refractivity contribution in [3.05, 3.63) is 0 Å². The van der Waals surface area contributed by atoms with Crippen LogP contribution in [-0.2, 0) is 4.79 Å². The molecule has 4 nitrogen and oxygen atoms in total. The summed E-state index contributed by atoms with van der Waals surface area (Å²) in [6.45, 7) is -10.2. The lowest BCUT2D eigenvalue weighted by Gasteiger charge is -2.38. The Morgan fingerprint density at radius 1 is 0.778 bits per heavy atom. The summed E-state index contributed by atoms with van der Waals surface area (Å²) in [6.07, 6.45) is -15.4. The summed E-state index contributed by atoms with van der Waals surface area (Å²) in [5, 5.41) is 1.20. The summed E-state index contributed by atoms with van der Waals surface area (Å²) in [6, 6.07) is -6.57. The Balaban J connectivity index is -0.000000923. The third-order valence-electron chi connectivity index (χ3n) is 3.74. The van der Waals surface area contributed by atoms with Gasteiger partial charge < -0.3 is 33.8 Å². The lowest BCUT2D eigenvalue weighted by molar-refractivity contribution is -0.870. The van der Waals surface area contributed by atoms with E-state index in [4.69, 9.17) is 0 Å². The fraction of sp³-hybridized carbons (Fsp3) is 0.933. The van der Waals surface area contributed by atoms with Crippen molar-refractivity contribution in [2.24, 2.45) is 0 Å². The van der Waals surface area contributed by atoms with Crippen molar-refractivity contribution < 1.29 is 104 Å². The maximum absolute atomic E-state index is 14.1. The molecule has 1 amide bonds. The van der Waals surface area contributed by atoms with Crippen molar-refractivity contribution in [3.63, 3.8) is 0 Å². The highest BCUT2D eigenvalue weighted by Crippen LogP contribution is 2.49. The third kappa shape index (κ3) is 10.4. The van der Waals surface area contributed by atoms with Crippen molar-refractivity contribution >= 4 is 5.91 Å². The number of amides is 1. The summed E-state index contributed by atoms with van der Waals surface area (Å²) in [4.78, 5) is 8.82. The minimum atomic E-state index is -6.75. The van der Waals surface area contributed by atoms with Crippen molar-refractivity contribution in [2.75, 3.05) is 34.2 Å². The first-order chi connectivity index (χ1) is 15.3. The van der Waals surface area contributed by atoms with Crippen LogP contribution in [0.3, 0.4) is 0 Å². The first-order valence-electron chi connectivity index (χ1n) is 8.79. The van der Waals surface area contributed by atoms with Gasteiger partial charge in [-0.25, -0.2) is 22.0 Å². The van der Waals surface area contributed by atoms with Crippen LogP contribution in [-0.4, -0.2) is 99.3 Å². The summed E-state index contributed by atoms with van der Waals surface area (Å²) in [5.74, 6) is -8.21. The summed E-state index contributed by atoms with van der Waals surface area (Å²) < 4.78 is 195. The number of nitrogens with zero attached hydrogens (tertiary/aromatic N) is 2. The van der Waals surface area contributed by atoms with E-state index in [1.54, 1.807) is 21.1 Å². The molecule has 0 fully saturated rings. The fourth-order valence-corrected chi connectivity index (χ4v) is 1.92. The summed E-state index contributed by atoms with van der Waals surface area (Å²) >= 11 is 0. The van der Waals surface area contributed by atoms with Gasteiger partial charge in [-0.2, -0.15) is 48.3 Å². The van der Waals surface area contributed by atoms with Crippen LogP contribution in [0.2, 0.25) is 0 Å². The molecular formula is C15H20F16IN3O. The van der Waals surface area contributed by atoms with E-state index < -0.39 is 67.1 Å². The van der Waals surface area contributed by atoms with Gasteiger partial charge in [0, 0.05) is 13.0 Å². The molecule has 1 atom stereocenters. The van der Waals surface area contributed by atoms with Crippen LogP contribution < -0.4 is 29.3 Å². The van der Waals surface area contributed by atoms with Crippen molar-refractivity contribution in [2.45, 2.75) is 56.2 Å². The number of rotatable bonds is 11. The van der Waals surface area contributed by atoms with Gasteiger partial charge in [0.15, 0.2) is 0 Å². The van der Waals surface area contributed by atoms with Gasteiger partial charge in [-0.15, -0.1) is 4.90 Å². The molecule has 0 aromatic carbocycles. The predicted molar refractivity (Wildman–Crippen MR) is 86.2 cm³/mol. The highest BCUT2D eigenvalue weighted by atomic mass is 127. The molecule has 0 saturated carbocycles. The van der Waals surface area contributed by atoms with E-state index in [-0.39, 0.29) is 41.4 Å². The first kappa shape index (κ1) is 39.5. The monoisotopic (exact) mass is 689 g/mol. The van der Waals surface area contributed by atoms with E-state index in [9.17, 15) is 75.0 Å². The van der Waals surface area contributed by atoms with Gasteiger partial charge in [-0.05, 0) is 0 Å². The molecule has 0 aliphatic carbocycles. The van der Waals surface area contributed by atoms with Gasteiger partial charge in [0.2, 0.25) is 0 Å². The first-order valence-corrected chi connectivity index (χ1v) is 8.79. The number of alkyl halides is 16. The van der Waals surface area contributed by atoms with Crippen LogP contribution in [0.1, 0.15) is 6.42 Å². The third-order valence-corrected chi connectivity index (χ3v) is 3.74. The Hall–Kier alpha value is -1.00. The molecule has 36 heavy (non-hydrogen) atoms. The minimum absolute atomic E-state index is 0. The molecule has 0 aromatic heterocycles. The molecule has 0 rings (SSSR count). The number of carbonyl (C=O) groups excluding carboxylic acids is 1. The van der Waals surface area contributed by atoms with Crippen molar-refractivity contribution in [3.8, 4) is 0 Å². The number of quaternary nitrogens is 1. The number of nitrogens with one attached hydrogen (secondary N) is 1. The standard InChI is InChI=1S/C12H17F10N3O.C3H2F6.HI/c1-25(2,3)6-4-5-23-7(26)10(17,11(18,19)20)12(21,22)24(8(13)14)9(15)16;4-1(5)3(8,9)2(6)7;/h8-9H,4-6H2,1-3H3;1-2H;1H. The van der Waals surface area contributed by atoms with E-state index in [2.05, 4.69) is 0 Å². The number of hydrogen-bond acceptors (Lipinski definition) is 2. The molecule has 0 aromatic rings. The zero-order chi connectivity index (χ0) is 28.8. The number of carbonyl (C=O) groups is 1. The second kappa shape index (κ2) is 14.2. The van der Waals surface area contributed by atoms with Gasteiger partial charge in [-0.3, -0.25) is 4.79 Å². The molecule has 0 saturated heterocycles. The highest BCUT2D eigenvalue weighted by molar-refractivity contribution is 5.87. The van der Waals surface area contributed by atoms with E-state index in [1.807, 2.05) is 0 Å². The van der Waals surface area contributed by atoms with Gasteiger partial charge in [0.1, 0.15) is 0 Å². The second-order valence-electron chi connectivity index (χ2n) is 7.56. The van der Waals surface area contributed by atoms with Gasteiger partial charge in [-0.1, -0.05) is 0 Å². The van der Waals surface area contributed by atoms with Gasteiger partial charge in [0.05, 0.1) is 27.7 Å². The van der Waals surface area contributed by atoms with E-state index >= 15 is 0 Å². The average molecular weight is 689 g/mol. The van der Waals surface area contributed by atoms with E-state index in [1.165, 1.54) is 5.32 Å². The Morgan fingerprint density at radius 3 is 1.36 bits per heavy atom. The molecule has 21 heteroatoms. The van der Waals surface area contributed by atoms with Crippen molar-refractivity contribution in [1.29, 1.82) is 0 Å². The maximum atomic E-state index is 14.1. The fourth-order valence-electron chi connectivity index (χ4n) is 1.92. The smallest absolute Gasteiger partial charge is 0.439 e. The minimum Gasteiger partial charge on any atom is -1.00 e. The molecule has 0 heterocycles. The SMILES string of the molecule is C[N+](C)(C)CCCNC(=O)C(F)(C(F)(F)F)C(F)(F)N(C(F)F)C(F)F.FC(F)C(F)(F)C(F)F.[I-]. The normalized spacial score (nSPS) is 15.1. The predicted octanol–water partition coefficient (Wildman–Crippen LogP) is 1.97. The quantitative estimate of drug-likeness (QED) is 0.119. The van der Waals surface area contributed by atoms with Crippen LogP contribution in [0.5, 0.6) is 0 Å². The lowest BCUT2D eigenvalue weighted by Crippen LogP contribution is -3.00. The highest BCUT2D eigenvalue weighted by Gasteiger charge is 2.80. The van der Waals surface area contributed by atoms with Crippen LogP contribution in [0.4, 0.5) is 70.2 Å². The van der Waals surface area contributed by atoms with Gasteiger partial charge in [0.25, 0.3) is 5.91 Å². The Kier molecular flexibility index (Phi) is 15.6. The van der Waals surface area contributed by atoms with E-state index in [0.717, 1.165) is 0 Å². The molecule has 1 unspecified atom stereocenters. The van der Waals surface area contributed by atoms with E-state index in [0.29, 0.717) is 0 Å². The largest absolute Gasteiger partial charge is 1.00 e. The molecule has 0 aliphatic rings. The summed E-state index contributed by atoms with van der Waals surface area (Å²) in [5.41, 5.74) is -6.32. The van der Waals surface area contributed by atoms with Crippen LogP contribution in [0.25, 0.3) is 0 Å². The van der Waals surface area contributed by atoms with Crippen LogP contribution in [0.15, 0.2) is 0 Å².